The van der Waals surface area contributed by atoms with Crippen molar-refractivity contribution in [2.24, 2.45) is 0 Å². The Labute approximate surface area is 222 Å². The number of hydrogen-bond donors (Lipinski definition) is 0. The second kappa shape index (κ2) is 11.0. The average Bonchev–Trinajstić information content (AvgIpc) is 3.52. The second-order valence-corrected chi connectivity index (χ2v) is 10.7. The smallest absolute Gasteiger partial charge is 0.210 e. The Bertz CT molecular complexity index is 1410. The summed E-state index contributed by atoms with van der Waals surface area (Å²) in [6, 6.07) is 18.4. The van der Waals surface area contributed by atoms with Crippen LogP contribution in [0, 0.1) is 27.7 Å². The fourth-order valence-corrected chi connectivity index (χ4v) is 5.43. The molecule has 0 amide bonds. The summed E-state index contributed by atoms with van der Waals surface area (Å²) in [5.74, 6) is 0.322. The predicted octanol–water partition coefficient (Wildman–Crippen LogP) is 6.39. The molecular formula is C30H32N4O2S. The van der Waals surface area contributed by atoms with Crippen LogP contribution in [0.2, 0.25) is 0 Å². The van der Waals surface area contributed by atoms with E-state index < -0.39 is 0 Å². The number of carbonyl (C=O) groups excluding carboxylic acids is 1. The number of Topliss-reactive ketones (excluding diaryl/α,β-unsaturated/α-hetero) is 1. The Morgan fingerprint density at radius 2 is 1.59 bits per heavy atom. The minimum atomic E-state index is 0.0692. The zero-order valence-corrected chi connectivity index (χ0v) is 22.6. The minimum Gasteiger partial charge on any atom is -0.376 e. The number of hydrogen-bond acceptors (Lipinski definition) is 6. The summed E-state index contributed by atoms with van der Waals surface area (Å²) in [4.78, 5) is 18.1. The highest BCUT2D eigenvalue weighted by Gasteiger charge is 2.22. The molecule has 0 radical (unpaired) electrons. The van der Waals surface area contributed by atoms with Gasteiger partial charge < -0.3 is 9.30 Å². The molecule has 6 nitrogen and oxygen atoms in total. The standard InChI is InChI=1S/C30H32N4O2S/c1-19-7-11-23(12-8-19)28-29(24-13-9-20(2)10-14-24)32-33-30(31-28)37-18-27(35)26-16-21(3)34(22(26)4)17-25-6-5-15-36-25/h7-14,16,25H,5-6,15,17-18H2,1-4H3. The first kappa shape index (κ1) is 25.4. The van der Waals surface area contributed by atoms with Gasteiger partial charge in [-0.3, -0.25) is 4.79 Å². The van der Waals surface area contributed by atoms with Gasteiger partial charge in [0.05, 0.1) is 11.9 Å². The van der Waals surface area contributed by atoms with Crippen molar-refractivity contribution in [3.05, 3.63) is 82.7 Å². The molecule has 0 saturated carbocycles. The lowest BCUT2D eigenvalue weighted by molar-refractivity contribution is 0.0957. The van der Waals surface area contributed by atoms with E-state index in [-0.39, 0.29) is 17.6 Å². The second-order valence-electron chi connectivity index (χ2n) is 9.77. The van der Waals surface area contributed by atoms with E-state index in [9.17, 15) is 4.79 Å². The molecule has 5 rings (SSSR count). The van der Waals surface area contributed by atoms with Gasteiger partial charge in [0.1, 0.15) is 11.4 Å². The molecule has 190 valence electrons. The fraction of sp³-hybridized carbons (Fsp3) is 0.333. The van der Waals surface area contributed by atoms with Gasteiger partial charge in [0.25, 0.3) is 0 Å². The van der Waals surface area contributed by atoms with Crippen molar-refractivity contribution in [3.63, 3.8) is 0 Å². The Morgan fingerprint density at radius 3 is 2.22 bits per heavy atom. The largest absolute Gasteiger partial charge is 0.376 e. The Kier molecular flexibility index (Phi) is 7.53. The Balaban J connectivity index is 1.38. The Morgan fingerprint density at radius 1 is 0.946 bits per heavy atom. The van der Waals surface area contributed by atoms with Crippen molar-refractivity contribution < 1.29 is 9.53 Å². The molecule has 37 heavy (non-hydrogen) atoms. The topological polar surface area (TPSA) is 69.9 Å². The highest BCUT2D eigenvalue weighted by Crippen LogP contribution is 2.31. The SMILES string of the molecule is Cc1ccc(-c2nnc(SCC(=O)c3cc(C)n(CC4CCCO4)c3C)nc2-c2ccc(C)cc2)cc1. The molecule has 1 atom stereocenters. The lowest BCUT2D eigenvalue weighted by atomic mass is 10.0. The molecule has 1 saturated heterocycles. The third kappa shape index (κ3) is 5.68. The van der Waals surface area contributed by atoms with E-state index in [1.54, 1.807) is 0 Å². The van der Waals surface area contributed by atoms with Crippen molar-refractivity contribution in [2.45, 2.75) is 58.3 Å². The van der Waals surface area contributed by atoms with Crippen LogP contribution >= 0.6 is 11.8 Å². The zero-order chi connectivity index (χ0) is 25.9. The Hall–Kier alpha value is -3.29. The van der Waals surface area contributed by atoms with E-state index in [1.165, 1.54) is 22.9 Å². The molecule has 3 heterocycles. The summed E-state index contributed by atoms with van der Waals surface area (Å²) in [5.41, 5.74) is 8.64. The van der Waals surface area contributed by atoms with Gasteiger partial charge in [-0.25, -0.2) is 4.98 Å². The van der Waals surface area contributed by atoms with Crippen LogP contribution in [0.5, 0.6) is 0 Å². The fourth-order valence-electron chi connectivity index (χ4n) is 4.75. The first-order chi connectivity index (χ1) is 17.9. The van der Waals surface area contributed by atoms with E-state index in [0.717, 1.165) is 65.5 Å². The maximum absolute atomic E-state index is 13.2. The molecule has 0 spiro atoms. The number of ether oxygens (including phenoxy) is 1. The van der Waals surface area contributed by atoms with Crippen molar-refractivity contribution in [1.29, 1.82) is 0 Å². The van der Waals surface area contributed by atoms with Crippen molar-refractivity contribution in [1.82, 2.24) is 19.7 Å². The molecule has 0 aliphatic carbocycles. The van der Waals surface area contributed by atoms with E-state index in [4.69, 9.17) is 9.72 Å². The van der Waals surface area contributed by atoms with Gasteiger partial charge in [0, 0.05) is 41.2 Å². The molecule has 2 aromatic carbocycles. The minimum absolute atomic E-state index is 0.0692. The van der Waals surface area contributed by atoms with Gasteiger partial charge in [-0.2, -0.15) is 0 Å². The van der Waals surface area contributed by atoms with Crippen LogP contribution in [0.25, 0.3) is 22.5 Å². The average molecular weight is 513 g/mol. The van der Waals surface area contributed by atoms with Crippen LogP contribution in [0.3, 0.4) is 0 Å². The summed E-state index contributed by atoms with van der Waals surface area (Å²) in [5, 5.41) is 9.44. The summed E-state index contributed by atoms with van der Waals surface area (Å²) in [6.07, 6.45) is 2.41. The van der Waals surface area contributed by atoms with Crippen LogP contribution < -0.4 is 0 Å². The van der Waals surface area contributed by atoms with Crippen molar-refractivity contribution in [3.8, 4) is 22.5 Å². The highest BCUT2D eigenvalue weighted by molar-refractivity contribution is 7.99. The number of carbonyl (C=O) groups is 1. The summed E-state index contributed by atoms with van der Waals surface area (Å²) in [7, 11) is 0. The summed E-state index contributed by atoms with van der Waals surface area (Å²) >= 11 is 1.33. The highest BCUT2D eigenvalue weighted by atomic mass is 32.2. The molecule has 0 bridgehead atoms. The monoisotopic (exact) mass is 512 g/mol. The van der Waals surface area contributed by atoms with Gasteiger partial charge >= 0.3 is 0 Å². The molecule has 1 fully saturated rings. The molecule has 1 aliphatic rings. The molecular weight excluding hydrogens is 480 g/mol. The molecule has 7 heteroatoms. The van der Waals surface area contributed by atoms with Crippen molar-refractivity contribution in [2.75, 3.05) is 12.4 Å². The summed E-state index contributed by atoms with van der Waals surface area (Å²) < 4.78 is 8.02. The normalized spacial score (nSPS) is 15.3. The van der Waals surface area contributed by atoms with Gasteiger partial charge in [-0.15, -0.1) is 10.2 Å². The van der Waals surface area contributed by atoms with Crippen LogP contribution in [-0.2, 0) is 11.3 Å². The quantitative estimate of drug-likeness (QED) is 0.201. The van der Waals surface area contributed by atoms with Gasteiger partial charge in [0.2, 0.25) is 5.16 Å². The molecule has 0 N–H and O–H groups in total. The van der Waals surface area contributed by atoms with E-state index >= 15 is 0 Å². The predicted molar refractivity (Wildman–Crippen MR) is 148 cm³/mol. The zero-order valence-electron chi connectivity index (χ0n) is 21.8. The van der Waals surface area contributed by atoms with Crippen LogP contribution in [-0.4, -0.2) is 44.0 Å². The third-order valence-corrected chi connectivity index (χ3v) is 7.77. The number of thioether (sulfide) groups is 1. The van der Waals surface area contributed by atoms with Crippen LogP contribution in [0.4, 0.5) is 0 Å². The van der Waals surface area contributed by atoms with E-state index in [1.807, 2.05) is 25.1 Å². The molecule has 1 aliphatic heterocycles. The van der Waals surface area contributed by atoms with Gasteiger partial charge in [-0.1, -0.05) is 71.4 Å². The van der Waals surface area contributed by atoms with Gasteiger partial charge in [-0.05, 0) is 46.6 Å². The van der Waals surface area contributed by atoms with Crippen molar-refractivity contribution >= 4 is 17.5 Å². The third-order valence-electron chi connectivity index (χ3n) is 6.93. The number of benzene rings is 2. The molecule has 1 unspecified atom stereocenters. The lowest BCUT2D eigenvalue weighted by Gasteiger charge is -2.14. The number of aryl methyl sites for hydroxylation is 3. The van der Waals surface area contributed by atoms with Gasteiger partial charge in [0.15, 0.2) is 5.78 Å². The molecule has 2 aromatic heterocycles. The maximum atomic E-state index is 13.2. The number of aromatic nitrogens is 4. The first-order valence-electron chi connectivity index (χ1n) is 12.7. The number of nitrogens with zero attached hydrogens (tertiary/aromatic N) is 4. The maximum Gasteiger partial charge on any atom is 0.210 e. The van der Waals surface area contributed by atoms with Crippen LogP contribution in [0.1, 0.15) is 45.7 Å². The van der Waals surface area contributed by atoms with E-state index in [0.29, 0.717) is 5.16 Å². The first-order valence-corrected chi connectivity index (χ1v) is 13.7. The van der Waals surface area contributed by atoms with Crippen LogP contribution in [0.15, 0.2) is 59.8 Å². The number of rotatable bonds is 8. The van der Waals surface area contributed by atoms with E-state index in [2.05, 4.69) is 71.9 Å². The summed E-state index contributed by atoms with van der Waals surface area (Å²) in [6.45, 7) is 9.82. The molecule has 4 aromatic rings. The lowest BCUT2D eigenvalue weighted by Crippen LogP contribution is -2.17. The number of ketones is 1.